The van der Waals surface area contributed by atoms with Gasteiger partial charge in [-0.25, -0.2) is 13.2 Å². The highest BCUT2D eigenvalue weighted by Gasteiger charge is 2.23. The van der Waals surface area contributed by atoms with Crippen molar-refractivity contribution in [3.05, 3.63) is 35.1 Å². The molecule has 0 spiro atoms. The second-order valence-corrected chi connectivity index (χ2v) is 3.79. The van der Waals surface area contributed by atoms with E-state index in [0.29, 0.717) is 25.2 Å². The molecule has 0 aliphatic rings. The van der Waals surface area contributed by atoms with Crippen LogP contribution >= 0.6 is 0 Å². The lowest BCUT2D eigenvalue weighted by atomic mass is 9.96. The molecule has 0 aliphatic carbocycles. The minimum absolute atomic E-state index is 0.317. The number of hydrogen-bond donors (Lipinski definition) is 0. The van der Waals surface area contributed by atoms with E-state index >= 15 is 0 Å². The minimum atomic E-state index is -1.17. The number of ketones is 1. The molecule has 0 aromatic heterocycles. The lowest BCUT2D eigenvalue weighted by molar-refractivity contribution is 0.0885. The maximum atomic E-state index is 13.3. The molecule has 0 radical (unpaired) electrons. The molecule has 1 unspecified atom stereocenters. The van der Waals surface area contributed by atoms with E-state index in [1.807, 2.05) is 0 Å². The molecule has 0 saturated heterocycles. The lowest BCUT2D eigenvalue weighted by Crippen LogP contribution is -2.17. The van der Waals surface area contributed by atoms with Crippen LogP contribution in [0.4, 0.5) is 13.2 Å². The van der Waals surface area contributed by atoms with Crippen LogP contribution in [0.2, 0.25) is 0 Å². The monoisotopic (exact) mass is 246 g/mol. The molecule has 0 amide bonds. The maximum absolute atomic E-state index is 13.3. The van der Waals surface area contributed by atoms with Gasteiger partial charge in [0.2, 0.25) is 0 Å². The number of halogens is 3. The van der Waals surface area contributed by atoms with Crippen molar-refractivity contribution in [2.45, 2.75) is 13.3 Å². The number of benzene rings is 1. The zero-order valence-corrected chi connectivity index (χ0v) is 9.60. The molecule has 0 bridgehead atoms. The van der Waals surface area contributed by atoms with E-state index in [9.17, 15) is 18.0 Å². The van der Waals surface area contributed by atoms with Gasteiger partial charge in [-0.3, -0.25) is 4.79 Å². The van der Waals surface area contributed by atoms with E-state index in [-0.39, 0.29) is 0 Å². The highest BCUT2D eigenvalue weighted by molar-refractivity contribution is 5.98. The third kappa shape index (κ3) is 3.30. The van der Waals surface area contributed by atoms with Crippen LogP contribution in [0.25, 0.3) is 0 Å². The molecule has 0 aliphatic heterocycles. The smallest absolute Gasteiger partial charge is 0.171 e. The molecule has 0 saturated carbocycles. The summed E-state index contributed by atoms with van der Waals surface area (Å²) in [6.45, 7) is 1.86. The summed E-state index contributed by atoms with van der Waals surface area (Å²) in [5.41, 5.74) is -0.685. The zero-order valence-electron chi connectivity index (χ0n) is 9.60. The van der Waals surface area contributed by atoms with Crippen molar-refractivity contribution in [1.29, 1.82) is 0 Å². The van der Waals surface area contributed by atoms with Crippen LogP contribution in [0.15, 0.2) is 12.1 Å². The second-order valence-electron chi connectivity index (χ2n) is 3.79. The standard InChI is InChI=1S/C12H13F3O2/c1-7(3-4-17-2)12(16)11-9(14)5-8(13)6-10(11)15/h5-7H,3-4H2,1-2H3. The van der Waals surface area contributed by atoms with Gasteiger partial charge >= 0.3 is 0 Å². The third-order valence-corrected chi connectivity index (χ3v) is 2.46. The molecule has 1 atom stereocenters. The van der Waals surface area contributed by atoms with E-state index < -0.39 is 34.7 Å². The lowest BCUT2D eigenvalue weighted by Gasteiger charge is -2.11. The average molecular weight is 246 g/mol. The normalized spacial score (nSPS) is 12.5. The number of Topliss-reactive ketones (excluding diaryl/α,β-unsaturated/α-hetero) is 1. The first-order valence-electron chi connectivity index (χ1n) is 5.15. The maximum Gasteiger partial charge on any atom is 0.171 e. The van der Waals surface area contributed by atoms with Crippen LogP contribution in [-0.2, 0) is 4.74 Å². The summed E-state index contributed by atoms with van der Waals surface area (Å²) in [5.74, 6) is -4.64. The van der Waals surface area contributed by atoms with Gasteiger partial charge in [-0.15, -0.1) is 0 Å². The third-order valence-electron chi connectivity index (χ3n) is 2.46. The fraction of sp³-hybridized carbons (Fsp3) is 0.417. The molecule has 5 heteroatoms. The summed E-state index contributed by atoms with van der Waals surface area (Å²) in [6, 6.07) is 0.999. The molecular formula is C12H13F3O2. The molecule has 1 aromatic carbocycles. The number of hydrogen-bond acceptors (Lipinski definition) is 2. The van der Waals surface area contributed by atoms with Gasteiger partial charge in [0.15, 0.2) is 5.78 Å². The molecular weight excluding hydrogens is 233 g/mol. The quantitative estimate of drug-likeness (QED) is 0.746. The van der Waals surface area contributed by atoms with E-state index in [4.69, 9.17) is 4.74 Å². The average Bonchev–Trinajstić information content (AvgIpc) is 2.24. The summed E-state index contributed by atoms with van der Waals surface area (Å²) in [7, 11) is 1.47. The van der Waals surface area contributed by atoms with E-state index in [0.717, 1.165) is 0 Å². The Morgan fingerprint density at radius 1 is 1.29 bits per heavy atom. The van der Waals surface area contributed by atoms with Crippen LogP contribution in [0, 0.1) is 23.4 Å². The number of methoxy groups -OCH3 is 1. The Hall–Kier alpha value is -1.36. The summed E-state index contributed by atoms with van der Waals surface area (Å²) in [4.78, 5) is 11.7. The predicted octanol–water partition coefficient (Wildman–Crippen LogP) is 2.96. The van der Waals surface area contributed by atoms with Crippen LogP contribution in [-0.4, -0.2) is 19.5 Å². The molecule has 0 N–H and O–H groups in total. The minimum Gasteiger partial charge on any atom is -0.385 e. The predicted molar refractivity (Wildman–Crippen MR) is 56.3 cm³/mol. The van der Waals surface area contributed by atoms with Gasteiger partial charge in [0.1, 0.15) is 17.5 Å². The van der Waals surface area contributed by atoms with Crippen molar-refractivity contribution in [2.75, 3.05) is 13.7 Å². The van der Waals surface area contributed by atoms with Crippen molar-refractivity contribution in [3.8, 4) is 0 Å². The van der Waals surface area contributed by atoms with E-state index in [1.54, 1.807) is 6.92 Å². The van der Waals surface area contributed by atoms with Gasteiger partial charge < -0.3 is 4.74 Å². The molecule has 1 aromatic rings. The van der Waals surface area contributed by atoms with Crippen molar-refractivity contribution < 1.29 is 22.7 Å². The number of carbonyl (C=O) groups excluding carboxylic acids is 1. The summed E-state index contributed by atoms with van der Waals surface area (Å²) >= 11 is 0. The zero-order chi connectivity index (χ0) is 13.0. The Balaban J connectivity index is 2.96. The van der Waals surface area contributed by atoms with Gasteiger partial charge in [-0.05, 0) is 6.42 Å². The van der Waals surface area contributed by atoms with Gasteiger partial charge in [0.25, 0.3) is 0 Å². The first-order chi connectivity index (χ1) is 7.97. The number of ether oxygens (including phenoxy) is 1. The fourth-order valence-corrected chi connectivity index (χ4v) is 1.45. The Labute approximate surface area is 97.4 Å². The van der Waals surface area contributed by atoms with Crippen molar-refractivity contribution in [2.24, 2.45) is 5.92 Å². The Kier molecular flexibility index (Phi) is 4.69. The van der Waals surface area contributed by atoms with E-state index in [2.05, 4.69) is 0 Å². The number of rotatable bonds is 5. The molecule has 0 fully saturated rings. The molecule has 0 heterocycles. The Bertz CT molecular complexity index is 395. The van der Waals surface area contributed by atoms with Crippen LogP contribution in [0.3, 0.4) is 0 Å². The van der Waals surface area contributed by atoms with Crippen molar-refractivity contribution in [1.82, 2.24) is 0 Å². The van der Waals surface area contributed by atoms with Crippen molar-refractivity contribution in [3.63, 3.8) is 0 Å². The summed E-state index contributed by atoms with van der Waals surface area (Å²) < 4.78 is 44.1. The highest BCUT2D eigenvalue weighted by atomic mass is 19.1. The molecule has 2 nitrogen and oxygen atoms in total. The Morgan fingerprint density at radius 3 is 2.29 bits per heavy atom. The second kappa shape index (κ2) is 5.82. The SMILES string of the molecule is COCCC(C)C(=O)c1c(F)cc(F)cc1F. The summed E-state index contributed by atoms with van der Waals surface area (Å²) in [6.07, 6.45) is 0.353. The van der Waals surface area contributed by atoms with Crippen molar-refractivity contribution >= 4 is 5.78 Å². The first kappa shape index (κ1) is 13.7. The fourth-order valence-electron chi connectivity index (χ4n) is 1.45. The van der Waals surface area contributed by atoms with Gasteiger partial charge in [-0.1, -0.05) is 6.92 Å². The molecule has 17 heavy (non-hydrogen) atoms. The topological polar surface area (TPSA) is 26.3 Å². The number of carbonyl (C=O) groups is 1. The van der Waals surface area contributed by atoms with Crippen LogP contribution in [0.1, 0.15) is 23.7 Å². The van der Waals surface area contributed by atoms with Gasteiger partial charge in [-0.2, -0.15) is 0 Å². The highest BCUT2D eigenvalue weighted by Crippen LogP contribution is 2.20. The molecule has 1 rings (SSSR count). The van der Waals surface area contributed by atoms with Crippen LogP contribution < -0.4 is 0 Å². The molecule has 94 valence electrons. The first-order valence-corrected chi connectivity index (χ1v) is 5.15. The Morgan fingerprint density at radius 2 is 1.82 bits per heavy atom. The summed E-state index contributed by atoms with van der Waals surface area (Å²) in [5, 5.41) is 0. The van der Waals surface area contributed by atoms with Crippen LogP contribution in [0.5, 0.6) is 0 Å². The van der Waals surface area contributed by atoms with E-state index in [1.165, 1.54) is 7.11 Å². The van der Waals surface area contributed by atoms with Gasteiger partial charge in [0, 0.05) is 31.8 Å². The van der Waals surface area contributed by atoms with Gasteiger partial charge in [0.05, 0.1) is 5.56 Å². The largest absolute Gasteiger partial charge is 0.385 e.